The largest absolute Gasteiger partial charge is 0.366 e. The fourth-order valence-electron chi connectivity index (χ4n) is 3.89. The second-order valence-corrected chi connectivity index (χ2v) is 7.57. The van der Waals surface area contributed by atoms with Gasteiger partial charge in [0.1, 0.15) is 0 Å². The molecule has 0 saturated heterocycles. The van der Waals surface area contributed by atoms with Gasteiger partial charge in [-0.1, -0.05) is 61.9 Å². The van der Waals surface area contributed by atoms with Crippen LogP contribution >= 0.6 is 0 Å². The van der Waals surface area contributed by atoms with Crippen LogP contribution in [0, 0.1) is 6.92 Å². The fraction of sp³-hybridized carbons (Fsp3) is 0.208. The monoisotopic (exact) mass is 356 g/mol. The zero-order valence-electron chi connectivity index (χ0n) is 16.0. The van der Waals surface area contributed by atoms with E-state index in [0.29, 0.717) is 11.5 Å². The van der Waals surface area contributed by atoms with Crippen molar-refractivity contribution in [3.05, 3.63) is 82.9 Å². The van der Waals surface area contributed by atoms with Gasteiger partial charge in [0.2, 0.25) is 5.91 Å². The summed E-state index contributed by atoms with van der Waals surface area (Å²) in [7, 11) is 0. The van der Waals surface area contributed by atoms with Gasteiger partial charge in [-0.25, -0.2) is 0 Å². The Kier molecular flexibility index (Phi) is 4.23. The Bertz CT molecular complexity index is 1170. The molecule has 136 valence electrons. The summed E-state index contributed by atoms with van der Waals surface area (Å²) in [5, 5.41) is 2.03. The van der Waals surface area contributed by atoms with Crippen molar-refractivity contribution in [2.75, 3.05) is 0 Å². The van der Waals surface area contributed by atoms with E-state index >= 15 is 0 Å². The Hall–Kier alpha value is -3.07. The van der Waals surface area contributed by atoms with Gasteiger partial charge in [0, 0.05) is 28.4 Å². The van der Waals surface area contributed by atoms with E-state index in [-0.39, 0.29) is 5.91 Å². The first kappa shape index (κ1) is 17.3. The number of nitrogens with zero attached hydrogens (tertiary/aromatic N) is 1. The molecule has 0 spiro atoms. The van der Waals surface area contributed by atoms with Crippen molar-refractivity contribution < 1.29 is 4.79 Å². The smallest absolute Gasteiger partial charge is 0.249 e. The summed E-state index contributed by atoms with van der Waals surface area (Å²) in [5.41, 5.74) is 12.2. The van der Waals surface area contributed by atoms with Gasteiger partial charge in [-0.2, -0.15) is 0 Å². The molecule has 3 nitrogen and oxygen atoms in total. The summed E-state index contributed by atoms with van der Waals surface area (Å²) in [6, 6.07) is 20.9. The normalized spacial score (nSPS) is 11.6. The van der Waals surface area contributed by atoms with Gasteiger partial charge in [0.05, 0.1) is 5.52 Å². The topological polar surface area (TPSA) is 48.0 Å². The summed E-state index contributed by atoms with van der Waals surface area (Å²) >= 11 is 0. The number of nitrogens with two attached hydrogens (primary N) is 1. The lowest BCUT2D eigenvalue weighted by molar-refractivity contribution is 0.100. The van der Waals surface area contributed by atoms with Crippen molar-refractivity contribution in [2.45, 2.75) is 33.2 Å². The van der Waals surface area contributed by atoms with Crippen LogP contribution in [0.2, 0.25) is 0 Å². The maximum absolute atomic E-state index is 12.1. The number of benzene rings is 3. The number of amides is 1. The summed E-state index contributed by atoms with van der Waals surface area (Å²) in [4.78, 5) is 12.1. The Morgan fingerprint density at radius 1 is 1.00 bits per heavy atom. The van der Waals surface area contributed by atoms with Crippen molar-refractivity contribution in [3.8, 4) is 0 Å². The van der Waals surface area contributed by atoms with Gasteiger partial charge < -0.3 is 10.3 Å². The minimum atomic E-state index is -0.386. The van der Waals surface area contributed by atoms with Crippen LogP contribution in [0.5, 0.6) is 0 Å². The molecule has 3 heteroatoms. The summed E-state index contributed by atoms with van der Waals surface area (Å²) < 4.78 is 2.30. The predicted molar refractivity (Wildman–Crippen MR) is 112 cm³/mol. The highest BCUT2D eigenvalue weighted by Gasteiger charge is 2.17. The van der Waals surface area contributed by atoms with Gasteiger partial charge in [-0.3, -0.25) is 4.79 Å². The molecule has 1 aromatic heterocycles. The molecule has 0 fully saturated rings. The molecule has 0 unspecified atom stereocenters. The Balaban J connectivity index is 2.05. The summed E-state index contributed by atoms with van der Waals surface area (Å²) in [6.45, 7) is 7.26. The zero-order valence-corrected chi connectivity index (χ0v) is 16.0. The van der Waals surface area contributed by atoms with E-state index in [2.05, 4.69) is 73.9 Å². The van der Waals surface area contributed by atoms with Crippen molar-refractivity contribution in [1.82, 2.24) is 4.57 Å². The van der Waals surface area contributed by atoms with Crippen LogP contribution in [0.4, 0.5) is 0 Å². The maximum Gasteiger partial charge on any atom is 0.249 e. The third-order valence-electron chi connectivity index (χ3n) is 5.27. The minimum absolute atomic E-state index is 0.386. The van der Waals surface area contributed by atoms with Crippen LogP contribution in [-0.2, 0) is 6.54 Å². The molecular weight excluding hydrogens is 332 g/mol. The number of rotatable bonds is 4. The number of carbonyl (C=O) groups excluding carboxylic acids is 1. The molecule has 2 N–H and O–H groups in total. The Morgan fingerprint density at radius 2 is 1.78 bits per heavy atom. The van der Waals surface area contributed by atoms with E-state index in [1.54, 1.807) is 0 Å². The first-order valence-corrected chi connectivity index (χ1v) is 9.36. The first-order chi connectivity index (χ1) is 13.0. The number of carbonyl (C=O) groups is 1. The van der Waals surface area contributed by atoms with Crippen LogP contribution in [-0.4, -0.2) is 10.5 Å². The first-order valence-electron chi connectivity index (χ1n) is 9.36. The van der Waals surface area contributed by atoms with Crippen LogP contribution in [0.25, 0.3) is 21.8 Å². The Labute approximate surface area is 159 Å². The second-order valence-electron chi connectivity index (χ2n) is 7.57. The van der Waals surface area contributed by atoms with Gasteiger partial charge in [-0.05, 0) is 42.2 Å². The molecule has 0 saturated carbocycles. The average molecular weight is 356 g/mol. The predicted octanol–water partition coefficient (Wildman–Crippen LogP) is 5.37. The van der Waals surface area contributed by atoms with E-state index in [4.69, 9.17) is 5.73 Å². The van der Waals surface area contributed by atoms with Crippen molar-refractivity contribution >= 4 is 27.7 Å². The van der Waals surface area contributed by atoms with Gasteiger partial charge in [-0.15, -0.1) is 0 Å². The summed E-state index contributed by atoms with van der Waals surface area (Å²) in [6.07, 6.45) is 0. The van der Waals surface area contributed by atoms with E-state index in [1.165, 1.54) is 16.7 Å². The number of hydrogen-bond acceptors (Lipinski definition) is 1. The minimum Gasteiger partial charge on any atom is -0.366 e. The average Bonchev–Trinajstić information content (AvgIpc) is 2.95. The molecule has 0 radical (unpaired) electrons. The van der Waals surface area contributed by atoms with E-state index in [9.17, 15) is 4.79 Å². The highest BCUT2D eigenvalue weighted by Crippen LogP contribution is 2.34. The van der Waals surface area contributed by atoms with Crippen molar-refractivity contribution in [3.63, 3.8) is 0 Å². The molecule has 1 amide bonds. The third kappa shape index (κ3) is 2.99. The van der Waals surface area contributed by atoms with E-state index in [0.717, 1.165) is 28.4 Å². The van der Waals surface area contributed by atoms with Crippen LogP contribution < -0.4 is 5.73 Å². The number of aryl methyl sites for hydroxylation is 1. The Morgan fingerprint density at radius 3 is 2.48 bits per heavy atom. The summed E-state index contributed by atoms with van der Waals surface area (Å²) in [5.74, 6) is 0.0542. The standard InChI is InChI=1S/C24H24N2O/c1-15(2)18-10-11-19-22(13-18)26(14-17-7-4-6-16(3)12-17)21-9-5-8-20(23(19)21)24(25)27/h4-13,15H,14H2,1-3H3,(H2,25,27). The zero-order chi connectivity index (χ0) is 19.1. The lowest BCUT2D eigenvalue weighted by Crippen LogP contribution is -2.11. The second kappa shape index (κ2) is 6.58. The molecule has 0 bridgehead atoms. The highest BCUT2D eigenvalue weighted by molar-refractivity contribution is 6.18. The molecule has 4 rings (SSSR count). The van der Waals surface area contributed by atoms with Crippen LogP contribution in [0.15, 0.2) is 60.7 Å². The number of hydrogen-bond donors (Lipinski definition) is 1. The van der Waals surface area contributed by atoms with Crippen molar-refractivity contribution in [2.24, 2.45) is 5.73 Å². The lowest BCUT2D eigenvalue weighted by Gasteiger charge is -2.11. The maximum atomic E-state index is 12.1. The number of aromatic nitrogens is 1. The van der Waals surface area contributed by atoms with Crippen LogP contribution in [0.3, 0.4) is 0 Å². The third-order valence-corrected chi connectivity index (χ3v) is 5.27. The molecule has 27 heavy (non-hydrogen) atoms. The SMILES string of the molecule is Cc1cccc(Cn2c3cc(C(C)C)ccc3c3c(C(N)=O)cccc32)c1. The molecule has 0 atom stereocenters. The number of primary amides is 1. The quantitative estimate of drug-likeness (QED) is 0.525. The molecule has 0 aliphatic rings. The van der Waals surface area contributed by atoms with Crippen molar-refractivity contribution in [1.29, 1.82) is 0 Å². The molecule has 4 aromatic rings. The van der Waals surface area contributed by atoms with Crippen LogP contribution in [0.1, 0.15) is 46.8 Å². The van der Waals surface area contributed by atoms with E-state index < -0.39 is 0 Å². The van der Waals surface area contributed by atoms with Gasteiger partial charge in [0.25, 0.3) is 0 Å². The number of fused-ring (bicyclic) bond motifs is 3. The fourth-order valence-corrected chi connectivity index (χ4v) is 3.89. The molecule has 1 heterocycles. The molecular formula is C24H24N2O. The molecule has 0 aliphatic heterocycles. The molecule has 3 aromatic carbocycles. The van der Waals surface area contributed by atoms with Gasteiger partial charge >= 0.3 is 0 Å². The molecule has 0 aliphatic carbocycles. The van der Waals surface area contributed by atoms with E-state index in [1.807, 2.05) is 12.1 Å². The lowest BCUT2D eigenvalue weighted by atomic mass is 10.00. The van der Waals surface area contributed by atoms with Gasteiger partial charge in [0.15, 0.2) is 0 Å². The highest BCUT2D eigenvalue weighted by atomic mass is 16.1.